The maximum absolute atomic E-state index is 5.09. The molecule has 6 nitrogen and oxygen atoms in total. The Kier molecular flexibility index (Phi) is 12.0. The second-order valence-electron chi connectivity index (χ2n) is 7.24. The van der Waals surface area contributed by atoms with Gasteiger partial charge in [0.25, 0.3) is 0 Å². The molecule has 0 heterocycles. The Labute approximate surface area is 171 Å². The largest absolute Gasteiger partial charge is 0.385 e. The van der Waals surface area contributed by atoms with Gasteiger partial charge in [-0.1, -0.05) is 0 Å². The zero-order valence-electron chi connectivity index (χ0n) is 16.3. The lowest BCUT2D eigenvalue weighted by Gasteiger charge is -2.23. The Hall–Kier alpha value is -0.120. The van der Waals surface area contributed by atoms with Gasteiger partial charge in [0.2, 0.25) is 0 Å². The summed E-state index contributed by atoms with van der Waals surface area (Å²) in [5.41, 5.74) is 0. The number of rotatable bonds is 13. The van der Waals surface area contributed by atoms with Crippen LogP contribution in [-0.4, -0.2) is 88.9 Å². The van der Waals surface area contributed by atoms with Gasteiger partial charge in [-0.25, -0.2) is 0 Å². The zero-order valence-corrected chi connectivity index (χ0v) is 18.6. The summed E-state index contributed by atoms with van der Waals surface area (Å²) in [6, 6.07) is 0.864. The van der Waals surface area contributed by atoms with Crippen molar-refractivity contribution in [2.75, 3.05) is 67.1 Å². The van der Waals surface area contributed by atoms with E-state index in [1.807, 2.05) is 7.05 Å². The Morgan fingerprint density at radius 2 is 1.76 bits per heavy atom. The minimum atomic E-state index is 0. The number of nitrogens with one attached hydrogen (secondary N) is 2. The normalized spacial score (nSPS) is 17.7. The number of likely N-dealkylation sites (N-methyl/N-ethyl adjacent to an activating group) is 1. The molecule has 0 atom stereocenters. The van der Waals surface area contributed by atoms with Gasteiger partial charge in [-0.15, -0.1) is 24.0 Å². The number of nitrogens with zero attached hydrogens (tertiary/aromatic N) is 3. The second-order valence-corrected chi connectivity index (χ2v) is 7.24. The van der Waals surface area contributed by atoms with Crippen LogP contribution in [0.5, 0.6) is 0 Å². The molecular formula is C18H38IN5O. The van der Waals surface area contributed by atoms with Crippen LogP contribution in [0.25, 0.3) is 0 Å². The van der Waals surface area contributed by atoms with E-state index in [1.54, 1.807) is 7.11 Å². The molecule has 148 valence electrons. The molecule has 25 heavy (non-hydrogen) atoms. The van der Waals surface area contributed by atoms with Crippen LogP contribution in [0.3, 0.4) is 0 Å². The highest BCUT2D eigenvalue weighted by molar-refractivity contribution is 14.0. The number of ether oxygens (including phenoxy) is 1. The first-order chi connectivity index (χ1) is 11.7. The van der Waals surface area contributed by atoms with Crippen LogP contribution >= 0.6 is 24.0 Å². The molecule has 2 fully saturated rings. The van der Waals surface area contributed by atoms with E-state index in [9.17, 15) is 0 Å². The number of guanidine groups is 1. The van der Waals surface area contributed by atoms with Gasteiger partial charge >= 0.3 is 0 Å². The summed E-state index contributed by atoms with van der Waals surface area (Å²) >= 11 is 0. The van der Waals surface area contributed by atoms with Crippen LogP contribution in [0.1, 0.15) is 32.1 Å². The number of hydrogen-bond donors (Lipinski definition) is 2. The molecule has 0 spiro atoms. The maximum atomic E-state index is 5.09. The topological polar surface area (TPSA) is 52.1 Å². The SMILES string of the molecule is CN=C(NCCN(C)CCCOC)NCCN(CC1CC1)C1CC1.I. The van der Waals surface area contributed by atoms with Gasteiger partial charge in [-0.05, 0) is 45.1 Å². The first-order valence-electron chi connectivity index (χ1n) is 9.59. The molecule has 2 aliphatic rings. The molecule has 2 N–H and O–H groups in total. The second kappa shape index (κ2) is 13.1. The minimum Gasteiger partial charge on any atom is -0.385 e. The number of halogens is 1. The van der Waals surface area contributed by atoms with Crippen molar-refractivity contribution >= 4 is 29.9 Å². The predicted octanol–water partition coefficient (Wildman–Crippen LogP) is 1.61. The molecule has 2 saturated carbocycles. The molecule has 0 aliphatic heterocycles. The van der Waals surface area contributed by atoms with E-state index in [-0.39, 0.29) is 24.0 Å². The van der Waals surface area contributed by atoms with Crippen LogP contribution < -0.4 is 10.6 Å². The lowest BCUT2D eigenvalue weighted by molar-refractivity contribution is 0.180. The molecule has 0 saturated heterocycles. The summed E-state index contributed by atoms with van der Waals surface area (Å²) in [5.74, 6) is 1.90. The Morgan fingerprint density at radius 3 is 2.32 bits per heavy atom. The van der Waals surface area contributed by atoms with E-state index in [2.05, 4.69) is 32.5 Å². The lowest BCUT2D eigenvalue weighted by Crippen LogP contribution is -2.44. The van der Waals surface area contributed by atoms with Gasteiger partial charge in [0.15, 0.2) is 5.96 Å². The third-order valence-corrected chi connectivity index (χ3v) is 4.84. The zero-order chi connectivity index (χ0) is 17.2. The predicted molar refractivity (Wildman–Crippen MR) is 116 cm³/mol. The van der Waals surface area contributed by atoms with Crippen LogP contribution in [0.2, 0.25) is 0 Å². The number of aliphatic imine (C=N–C) groups is 1. The molecule has 0 aromatic carbocycles. The molecule has 2 aliphatic carbocycles. The van der Waals surface area contributed by atoms with Crippen molar-refractivity contribution in [1.82, 2.24) is 20.4 Å². The van der Waals surface area contributed by atoms with Crippen molar-refractivity contribution in [3.05, 3.63) is 0 Å². The Morgan fingerprint density at radius 1 is 1.08 bits per heavy atom. The molecule has 0 radical (unpaired) electrons. The third-order valence-electron chi connectivity index (χ3n) is 4.84. The molecule has 0 aromatic rings. The maximum Gasteiger partial charge on any atom is 0.191 e. The van der Waals surface area contributed by atoms with E-state index < -0.39 is 0 Å². The van der Waals surface area contributed by atoms with Crippen LogP contribution in [0, 0.1) is 5.92 Å². The first kappa shape index (κ1) is 22.9. The Bertz CT molecular complexity index is 374. The highest BCUT2D eigenvalue weighted by Gasteiger charge is 2.33. The molecule has 0 bridgehead atoms. The quantitative estimate of drug-likeness (QED) is 0.187. The molecular weight excluding hydrogens is 429 g/mol. The molecule has 0 aromatic heterocycles. The molecule has 7 heteroatoms. The van der Waals surface area contributed by atoms with Gasteiger partial charge in [0.05, 0.1) is 0 Å². The average molecular weight is 467 g/mol. The first-order valence-corrected chi connectivity index (χ1v) is 9.59. The fraction of sp³-hybridized carbons (Fsp3) is 0.944. The highest BCUT2D eigenvalue weighted by atomic mass is 127. The monoisotopic (exact) mass is 467 g/mol. The molecule has 0 unspecified atom stereocenters. The smallest absolute Gasteiger partial charge is 0.191 e. The van der Waals surface area contributed by atoms with E-state index in [0.717, 1.165) is 63.7 Å². The van der Waals surface area contributed by atoms with Gasteiger partial charge in [-0.2, -0.15) is 0 Å². The third kappa shape index (κ3) is 10.6. The summed E-state index contributed by atoms with van der Waals surface area (Å²) in [7, 11) is 5.76. The Balaban J connectivity index is 0.00000312. The van der Waals surface area contributed by atoms with E-state index in [4.69, 9.17) is 4.74 Å². The van der Waals surface area contributed by atoms with Crippen molar-refractivity contribution in [2.45, 2.75) is 38.1 Å². The van der Waals surface area contributed by atoms with Gasteiger partial charge in [-0.3, -0.25) is 9.89 Å². The fourth-order valence-electron chi connectivity index (χ4n) is 2.99. The summed E-state index contributed by atoms with van der Waals surface area (Å²) in [6.45, 7) is 7.26. The molecule has 2 rings (SSSR count). The van der Waals surface area contributed by atoms with Crippen LogP contribution in [0.15, 0.2) is 4.99 Å². The highest BCUT2D eigenvalue weighted by Crippen LogP contribution is 2.34. The number of hydrogen-bond acceptors (Lipinski definition) is 4. The van der Waals surface area contributed by atoms with Gasteiger partial charge < -0.3 is 20.3 Å². The standard InChI is InChI=1S/C18H37N5O.HI/c1-19-18(20-9-12-22(2)11-4-14-24-3)21-10-13-23(17-7-8-17)15-16-5-6-16;/h16-17H,4-15H2,1-3H3,(H2,19,20,21);1H. The summed E-state index contributed by atoms with van der Waals surface area (Å²) in [4.78, 5) is 9.33. The summed E-state index contributed by atoms with van der Waals surface area (Å²) in [6.07, 6.45) is 6.76. The van der Waals surface area contributed by atoms with Crippen LogP contribution in [0.4, 0.5) is 0 Å². The molecule has 0 amide bonds. The van der Waals surface area contributed by atoms with Crippen molar-refractivity contribution in [3.63, 3.8) is 0 Å². The number of methoxy groups -OCH3 is 1. The summed E-state index contributed by atoms with van der Waals surface area (Å²) in [5, 5.41) is 6.87. The average Bonchev–Trinajstić information content (AvgIpc) is 3.46. The van der Waals surface area contributed by atoms with E-state index >= 15 is 0 Å². The van der Waals surface area contributed by atoms with Crippen molar-refractivity contribution < 1.29 is 4.74 Å². The van der Waals surface area contributed by atoms with E-state index in [0.29, 0.717) is 0 Å². The van der Waals surface area contributed by atoms with Crippen molar-refractivity contribution in [1.29, 1.82) is 0 Å². The van der Waals surface area contributed by atoms with Gasteiger partial charge in [0, 0.05) is 66.1 Å². The summed E-state index contributed by atoms with van der Waals surface area (Å²) < 4.78 is 5.09. The lowest BCUT2D eigenvalue weighted by atomic mass is 10.3. The van der Waals surface area contributed by atoms with E-state index in [1.165, 1.54) is 32.2 Å². The minimum absolute atomic E-state index is 0. The van der Waals surface area contributed by atoms with Crippen LogP contribution in [-0.2, 0) is 4.74 Å². The van der Waals surface area contributed by atoms with Crippen molar-refractivity contribution in [2.24, 2.45) is 10.9 Å². The van der Waals surface area contributed by atoms with Gasteiger partial charge in [0.1, 0.15) is 0 Å². The fourth-order valence-corrected chi connectivity index (χ4v) is 2.99. The van der Waals surface area contributed by atoms with Crippen molar-refractivity contribution in [3.8, 4) is 0 Å².